The molecule has 1 aliphatic heterocycles. The largest absolute Gasteiger partial charge is 0.468 e. The molecule has 1 aliphatic rings. The number of hydrogen-bond donors (Lipinski definition) is 1. The maximum absolute atomic E-state index is 5.87. The first-order valence-corrected chi connectivity index (χ1v) is 6.38. The average Bonchev–Trinajstić information content (AvgIpc) is 2.83. The van der Waals surface area contributed by atoms with Crippen molar-refractivity contribution in [3.8, 4) is 0 Å². The van der Waals surface area contributed by atoms with Crippen LogP contribution in [0.15, 0.2) is 22.8 Å². The van der Waals surface area contributed by atoms with Gasteiger partial charge in [-0.3, -0.25) is 0 Å². The number of morpholine rings is 1. The highest BCUT2D eigenvalue weighted by Crippen LogP contribution is 2.22. The van der Waals surface area contributed by atoms with Gasteiger partial charge in [-0.15, -0.1) is 0 Å². The molecule has 0 aliphatic carbocycles. The first kappa shape index (κ1) is 12.6. The zero-order valence-corrected chi connectivity index (χ0v) is 10.7. The minimum atomic E-state index is 0.160. The van der Waals surface area contributed by atoms with Gasteiger partial charge in [0.05, 0.1) is 25.0 Å². The van der Waals surface area contributed by atoms with E-state index in [0.717, 1.165) is 38.4 Å². The summed E-state index contributed by atoms with van der Waals surface area (Å²) < 4.78 is 11.4. The smallest absolute Gasteiger partial charge is 0.123 e. The molecule has 1 aromatic heterocycles. The summed E-state index contributed by atoms with van der Waals surface area (Å²) in [4.78, 5) is 2.30. The van der Waals surface area contributed by atoms with Crippen molar-refractivity contribution in [1.29, 1.82) is 0 Å². The fraction of sp³-hybridized carbons (Fsp3) is 0.692. The topological polar surface area (TPSA) is 37.6 Å². The third-order valence-electron chi connectivity index (χ3n) is 3.13. The lowest BCUT2D eigenvalue weighted by molar-refractivity contribution is -0.0426. The van der Waals surface area contributed by atoms with Crippen LogP contribution in [0, 0.1) is 0 Å². The maximum atomic E-state index is 5.87. The molecule has 1 aromatic rings. The van der Waals surface area contributed by atoms with E-state index in [2.05, 4.69) is 24.2 Å². The molecule has 1 N–H and O–H groups in total. The molecule has 0 bridgehead atoms. The van der Waals surface area contributed by atoms with Crippen molar-refractivity contribution < 1.29 is 9.15 Å². The lowest BCUT2D eigenvalue weighted by Crippen LogP contribution is -2.46. The third kappa shape index (κ3) is 3.31. The van der Waals surface area contributed by atoms with Gasteiger partial charge in [0, 0.05) is 13.1 Å². The summed E-state index contributed by atoms with van der Waals surface area (Å²) in [6.45, 7) is 5.90. The van der Waals surface area contributed by atoms with E-state index < -0.39 is 0 Å². The van der Waals surface area contributed by atoms with Crippen LogP contribution in [0.25, 0.3) is 0 Å². The van der Waals surface area contributed by atoms with E-state index >= 15 is 0 Å². The molecule has 2 unspecified atom stereocenters. The van der Waals surface area contributed by atoms with Gasteiger partial charge >= 0.3 is 0 Å². The molecule has 0 aromatic carbocycles. The van der Waals surface area contributed by atoms with E-state index in [1.807, 2.05) is 12.1 Å². The van der Waals surface area contributed by atoms with Crippen molar-refractivity contribution in [2.75, 3.05) is 33.3 Å². The van der Waals surface area contributed by atoms with E-state index in [0.29, 0.717) is 0 Å². The number of ether oxygens (including phenoxy) is 1. The lowest BCUT2D eigenvalue weighted by Gasteiger charge is -2.34. The lowest BCUT2D eigenvalue weighted by atomic mass is 10.1. The molecule has 0 spiro atoms. The van der Waals surface area contributed by atoms with Crippen LogP contribution < -0.4 is 5.32 Å². The van der Waals surface area contributed by atoms with E-state index in [9.17, 15) is 0 Å². The van der Waals surface area contributed by atoms with Crippen LogP contribution in [0.5, 0.6) is 0 Å². The summed E-state index contributed by atoms with van der Waals surface area (Å²) in [5.74, 6) is 0.971. The van der Waals surface area contributed by atoms with Gasteiger partial charge in [0.15, 0.2) is 0 Å². The fourth-order valence-corrected chi connectivity index (χ4v) is 2.20. The molecule has 96 valence electrons. The number of likely N-dealkylation sites (N-methyl/N-ethyl adjacent to an activating group) is 1. The Bertz CT molecular complexity index is 313. The van der Waals surface area contributed by atoms with Crippen LogP contribution in [0.3, 0.4) is 0 Å². The van der Waals surface area contributed by atoms with E-state index in [4.69, 9.17) is 9.15 Å². The Kier molecular flexibility index (Phi) is 4.59. The summed E-state index contributed by atoms with van der Waals surface area (Å²) in [5.41, 5.74) is 0. The van der Waals surface area contributed by atoms with Crippen molar-refractivity contribution in [2.24, 2.45) is 0 Å². The highest BCUT2D eigenvalue weighted by Gasteiger charge is 2.29. The maximum Gasteiger partial charge on any atom is 0.123 e. The molecule has 1 saturated heterocycles. The molecule has 0 saturated carbocycles. The van der Waals surface area contributed by atoms with E-state index in [1.54, 1.807) is 6.26 Å². The Balaban J connectivity index is 2.03. The molecule has 0 amide bonds. The van der Waals surface area contributed by atoms with Gasteiger partial charge in [-0.2, -0.15) is 0 Å². The van der Waals surface area contributed by atoms with Gasteiger partial charge in [0.2, 0.25) is 0 Å². The van der Waals surface area contributed by atoms with Gasteiger partial charge in [0.1, 0.15) is 5.76 Å². The Morgan fingerprint density at radius 2 is 2.47 bits per heavy atom. The third-order valence-corrected chi connectivity index (χ3v) is 3.13. The molecular weight excluding hydrogens is 216 g/mol. The molecule has 2 rings (SSSR count). The van der Waals surface area contributed by atoms with Gasteiger partial charge in [-0.05, 0) is 32.1 Å². The molecular formula is C13H22N2O2. The normalized spacial score (nSPS) is 23.8. The predicted molar refractivity (Wildman–Crippen MR) is 67.0 cm³/mol. The molecule has 2 atom stereocenters. The minimum Gasteiger partial charge on any atom is -0.468 e. The van der Waals surface area contributed by atoms with Crippen LogP contribution >= 0.6 is 0 Å². The number of hydrogen-bond acceptors (Lipinski definition) is 4. The standard InChI is InChI=1S/C13H22N2O2/c1-3-6-14-13(11-5-4-8-16-11)12-10-15(2)7-9-17-12/h4-5,8,12-14H,3,6-7,9-10H2,1-2H3. The summed E-state index contributed by atoms with van der Waals surface area (Å²) in [5, 5.41) is 3.52. The monoisotopic (exact) mass is 238 g/mol. The van der Waals surface area contributed by atoms with Gasteiger partial charge < -0.3 is 19.4 Å². The molecule has 0 radical (unpaired) electrons. The Hall–Kier alpha value is -0.840. The molecule has 4 nitrogen and oxygen atoms in total. The van der Waals surface area contributed by atoms with Crippen molar-refractivity contribution in [3.05, 3.63) is 24.2 Å². The number of rotatable bonds is 5. The average molecular weight is 238 g/mol. The molecule has 2 heterocycles. The second-order valence-corrected chi connectivity index (χ2v) is 4.62. The summed E-state index contributed by atoms with van der Waals surface area (Å²) in [6, 6.07) is 4.11. The zero-order chi connectivity index (χ0) is 12.1. The predicted octanol–water partition coefficient (Wildman–Crippen LogP) is 1.65. The highest BCUT2D eigenvalue weighted by molar-refractivity contribution is 5.07. The Labute approximate surface area is 103 Å². The van der Waals surface area contributed by atoms with Crippen molar-refractivity contribution in [1.82, 2.24) is 10.2 Å². The number of nitrogens with one attached hydrogen (secondary N) is 1. The Morgan fingerprint density at radius 1 is 1.59 bits per heavy atom. The SMILES string of the molecule is CCCNC(c1ccco1)C1CN(C)CCO1. The number of nitrogens with zero attached hydrogens (tertiary/aromatic N) is 1. The van der Waals surface area contributed by atoms with Crippen LogP contribution in [0.4, 0.5) is 0 Å². The fourth-order valence-electron chi connectivity index (χ4n) is 2.20. The van der Waals surface area contributed by atoms with Crippen molar-refractivity contribution in [2.45, 2.75) is 25.5 Å². The first-order valence-electron chi connectivity index (χ1n) is 6.38. The van der Waals surface area contributed by atoms with Gasteiger partial charge in [0.25, 0.3) is 0 Å². The summed E-state index contributed by atoms with van der Waals surface area (Å²) in [7, 11) is 2.13. The Morgan fingerprint density at radius 3 is 3.12 bits per heavy atom. The van der Waals surface area contributed by atoms with Crippen LogP contribution in [-0.4, -0.2) is 44.3 Å². The molecule has 17 heavy (non-hydrogen) atoms. The van der Waals surface area contributed by atoms with Crippen molar-refractivity contribution >= 4 is 0 Å². The van der Waals surface area contributed by atoms with Gasteiger partial charge in [-0.1, -0.05) is 6.92 Å². The number of furan rings is 1. The zero-order valence-electron chi connectivity index (χ0n) is 10.7. The summed E-state index contributed by atoms with van der Waals surface area (Å²) >= 11 is 0. The first-order chi connectivity index (χ1) is 8.31. The molecule has 1 fully saturated rings. The summed E-state index contributed by atoms with van der Waals surface area (Å²) in [6.07, 6.45) is 3.01. The van der Waals surface area contributed by atoms with Crippen LogP contribution in [0.1, 0.15) is 25.1 Å². The van der Waals surface area contributed by atoms with Crippen LogP contribution in [0.2, 0.25) is 0 Å². The van der Waals surface area contributed by atoms with E-state index in [1.165, 1.54) is 0 Å². The quantitative estimate of drug-likeness (QED) is 0.846. The minimum absolute atomic E-state index is 0.160. The second kappa shape index (κ2) is 6.19. The van der Waals surface area contributed by atoms with Crippen molar-refractivity contribution in [3.63, 3.8) is 0 Å². The van der Waals surface area contributed by atoms with E-state index in [-0.39, 0.29) is 12.1 Å². The second-order valence-electron chi connectivity index (χ2n) is 4.62. The van der Waals surface area contributed by atoms with Gasteiger partial charge in [-0.25, -0.2) is 0 Å². The van der Waals surface area contributed by atoms with Crippen LogP contribution in [-0.2, 0) is 4.74 Å². The molecule has 4 heteroatoms. The highest BCUT2D eigenvalue weighted by atomic mass is 16.5.